The number of phenols is 1. The van der Waals surface area contributed by atoms with Gasteiger partial charge in [-0.05, 0) is 48.8 Å². The van der Waals surface area contributed by atoms with E-state index in [0.29, 0.717) is 5.56 Å². The fourth-order valence-corrected chi connectivity index (χ4v) is 3.61. The number of aliphatic carboxylic acids is 1. The van der Waals surface area contributed by atoms with E-state index in [4.69, 9.17) is 11.5 Å². The first-order valence-electron chi connectivity index (χ1n) is 12.1. The van der Waals surface area contributed by atoms with Gasteiger partial charge >= 0.3 is 5.97 Å². The van der Waals surface area contributed by atoms with E-state index >= 15 is 0 Å². The largest absolute Gasteiger partial charge is 0.508 e. The van der Waals surface area contributed by atoms with Crippen LogP contribution in [0, 0.1) is 11.8 Å². The van der Waals surface area contributed by atoms with Crippen LogP contribution in [0.5, 0.6) is 5.75 Å². The number of amides is 4. The fraction of sp³-hybridized carbons (Fsp3) is 0.560. The molecule has 0 aliphatic carbocycles. The average molecular weight is 522 g/mol. The summed E-state index contributed by atoms with van der Waals surface area (Å²) in [5, 5.41) is 26.2. The Kier molecular flexibility index (Phi) is 12.5. The van der Waals surface area contributed by atoms with Crippen molar-refractivity contribution in [3.05, 3.63) is 29.8 Å². The summed E-state index contributed by atoms with van der Waals surface area (Å²) in [6, 6.07) is 1.35. The first kappa shape index (κ1) is 31.4. The molecular weight excluding hydrogens is 482 g/mol. The highest BCUT2D eigenvalue weighted by Crippen LogP contribution is 2.12. The Bertz CT molecular complexity index is 949. The molecule has 1 rings (SSSR count). The Morgan fingerprint density at radius 1 is 0.784 bits per heavy atom. The Morgan fingerprint density at radius 2 is 1.24 bits per heavy atom. The van der Waals surface area contributed by atoms with Crippen molar-refractivity contribution in [3.63, 3.8) is 0 Å². The van der Waals surface area contributed by atoms with Crippen molar-refractivity contribution in [2.75, 3.05) is 0 Å². The predicted molar refractivity (Wildman–Crippen MR) is 136 cm³/mol. The molecule has 12 heteroatoms. The zero-order valence-electron chi connectivity index (χ0n) is 21.7. The molecule has 0 radical (unpaired) electrons. The second-order valence-corrected chi connectivity index (χ2v) is 9.93. The number of carboxylic acids is 1. The molecule has 0 aromatic heterocycles. The Morgan fingerprint density at radius 3 is 1.73 bits per heavy atom. The van der Waals surface area contributed by atoms with Gasteiger partial charge in [-0.1, -0.05) is 39.8 Å². The first-order chi connectivity index (χ1) is 17.2. The minimum atomic E-state index is -1.40. The minimum Gasteiger partial charge on any atom is -0.508 e. The number of nitrogens with one attached hydrogen (secondary N) is 3. The monoisotopic (exact) mass is 521 g/mol. The predicted octanol–water partition coefficient (Wildman–Crippen LogP) is -0.231. The number of aromatic hydroxyl groups is 1. The number of carbonyl (C=O) groups excluding carboxylic acids is 4. The van der Waals surface area contributed by atoms with Crippen LogP contribution >= 0.6 is 0 Å². The highest BCUT2D eigenvalue weighted by Gasteiger charge is 2.31. The topological polar surface area (TPSA) is 214 Å². The zero-order valence-corrected chi connectivity index (χ0v) is 21.7. The molecule has 9 N–H and O–H groups in total. The molecule has 0 spiro atoms. The smallest absolute Gasteiger partial charge is 0.326 e. The van der Waals surface area contributed by atoms with E-state index < -0.39 is 60.2 Å². The van der Waals surface area contributed by atoms with E-state index in [1.807, 2.05) is 27.7 Å². The molecule has 4 atom stereocenters. The molecule has 206 valence electrons. The van der Waals surface area contributed by atoms with Gasteiger partial charge in [0.2, 0.25) is 23.6 Å². The molecule has 0 saturated heterocycles. The summed E-state index contributed by atoms with van der Waals surface area (Å²) in [6.07, 6.45) is -0.0572. The molecule has 0 heterocycles. The van der Waals surface area contributed by atoms with Gasteiger partial charge in [0.1, 0.15) is 23.9 Å². The van der Waals surface area contributed by atoms with Gasteiger partial charge in [-0.2, -0.15) is 0 Å². The van der Waals surface area contributed by atoms with Crippen LogP contribution in [-0.4, -0.2) is 64.0 Å². The van der Waals surface area contributed by atoms with Crippen LogP contribution in [0.15, 0.2) is 24.3 Å². The minimum absolute atomic E-state index is 0.000448. The van der Waals surface area contributed by atoms with E-state index in [-0.39, 0.29) is 36.8 Å². The highest BCUT2D eigenvalue weighted by atomic mass is 16.4. The van der Waals surface area contributed by atoms with E-state index in [0.717, 1.165) is 0 Å². The second-order valence-electron chi connectivity index (χ2n) is 9.93. The maximum Gasteiger partial charge on any atom is 0.326 e. The highest BCUT2D eigenvalue weighted by molar-refractivity contribution is 5.96. The third-order valence-corrected chi connectivity index (χ3v) is 5.43. The van der Waals surface area contributed by atoms with Gasteiger partial charge < -0.3 is 37.6 Å². The van der Waals surface area contributed by atoms with Crippen LogP contribution in [0.1, 0.15) is 52.5 Å². The molecular formula is C25H39N5O7. The van der Waals surface area contributed by atoms with Crippen molar-refractivity contribution in [1.29, 1.82) is 0 Å². The standard InChI is InChI=1S/C25H39N5O7/c1-13(2)9-18(23(34)30-20(25(36)37)10-14(3)4)29-24(35)19(12-21(27)32)28-22(33)17(26)11-15-5-7-16(31)8-6-15/h5-8,13-14,17-20,31H,9-12,26H2,1-4H3,(H2,27,32)(H,28,33)(H,29,35)(H,30,34)(H,36,37). The number of primary amides is 1. The zero-order chi connectivity index (χ0) is 28.3. The molecule has 4 amide bonds. The summed E-state index contributed by atoms with van der Waals surface area (Å²) in [4.78, 5) is 61.8. The number of benzene rings is 1. The van der Waals surface area contributed by atoms with E-state index in [9.17, 15) is 34.2 Å². The van der Waals surface area contributed by atoms with Gasteiger partial charge in [-0.15, -0.1) is 0 Å². The molecule has 1 aromatic carbocycles. The number of hydrogen-bond acceptors (Lipinski definition) is 7. The number of carbonyl (C=O) groups is 5. The van der Waals surface area contributed by atoms with E-state index in [2.05, 4.69) is 16.0 Å². The molecule has 0 bridgehead atoms. The van der Waals surface area contributed by atoms with Gasteiger partial charge in [0.25, 0.3) is 0 Å². The average Bonchev–Trinajstić information content (AvgIpc) is 2.78. The Balaban J connectivity index is 2.98. The van der Waals surface area contributed by atoms with Gasteiger partial charge in [-0.25, -0.2) is 4.79 Å². The van der Waals surface area contributed by atoms with Crippen molar-refractivity contribution >= 4 is 29.6 Å². The lowest BCUT2D eigenvalue weighted by Crippen LogP contribution is -2.58. The van der Waals surface area contributed by atoms with Crippen LogP contribution in [0.4, 0.5) is 0 Å². The number of nitrogens with two attached hydrogens (primary N) is 2. The summed E-state index contributed by atoms with van der Waals surface area (Å²) in [5.41, 5.74) is 11.9. The SMILES string of the molecule is CC(C)CC(NC(=O)C(CC(C)C)NC(=O)C(CC(N)=O)NC(=O)C(N)Cc1ccc(O)cc1)C(=O)O. The van der Waals surface area contributed by atoms with Gasteiger partial charge in [-0.3, -0.25) is 19.2 Å². The van der Waals surface area contributed by atoms with Crippen molar-refractivity contribution < 1.29 is 34.2 Å². The molecule has 0 saturated carbocycles. The lowest BCUT2D eigenvalue weighted by Gasteiger charge is -2.26. The van der Waals surface area contributed by atoms with Crippen LogP contribution in [0.3, 0.4) is 0 Å². The van der Waals surface area contributed by atoms with Crippen LogP contribution in [0.25, 0.3) is 0 Å². The maximum absolute atomic E-state index is 13.0. The number of hydrogen-bond donors (Lipinski definition) is 7. The normalized spacial score (nSPS) is 14.4. The van der Waals surface area contributed by atoms with Crippen LogP contribution in [-0.2, 0) is 30.4 Å². The summed E-state index contributed by atoms with van der Waals surface area (Å²) in [5.74, 6) is -4.30. The van der Waals surface area contributed by atoms with Crippen molar-refractivity contribution in [2.45, 2.75) is 77.5 Å². The summed E-state index contributed by atoms with van der Waals surface area (Å²) in [6.45, 7) is 7.28. The Hall–Kier alpha value is -3.67. The van der Waals surface area contributed by atoms with Gasteiger partial charge in [0.15, 0.2) is 0 Å². The molecule has 1 aromatic rings. The van der Waals surface area contributed by atoms with E-state index in [1.54, 1.807) is 12.1 Å². The quantitative estimate of drug-likeness (QED) is 0.163. The summed E-state index contributed by atoms with van der Waals surface area (Å²) in [7, 11) is 0. The number of carboxylic acid groups (broad SMARTS) is 1. The van der Waals surface area contributed by atoms with E-state index in [1.165, 1.54) is 12.1 Å². The van der Waals surface area contributed by atoms with Gasteiger partial charge in [0, 0.05) is 0 Å². The van der Waals surface area contributed by atoms with Crippen LogP contribution in [0.2, 0.25) is 0 Å². The molecule has 12 nitrogen and oxygen atoms in total. The van der Waals surface area contributed by atoms with Crippen molar-refractivity contribution in [2.24, 2.45) is 23.3 Å². The number of phenolic OH excluding ortho intramolecular Hbond substituents is 1. The van der Waals surface area contributed by atoms with Crippen molar-refractivity contribution in [3.8, 4) is 5.75 Å². The second kappa shape index (κ2) is 14.8. The Labute approximate surface area is 216 Å². The van der Waals surface area contributed by atoms with Crippen LogP contribution < -0.4 is 27.4 Å². The third-order valence-electron chi connectivity index (χ3n) is 5.43. The summed E-state index contributed by atoms with van der Waals surface area (Å²) < 4.78 is 0. The fourth-order valence-electron chi connectivity index (χ4n) is 3.61. The van der Waals surface area contributed by atoms with Crippen molar-refractivity contribution in [1.82, 2.24) is 16.0 Å². The number of rotatable bonds is 15. The van der Waals surface area contributed by atoms with Gasteiger partial charge in [0.05, 0.1) is 12.5 Å². The maximum atomic E-state index is 13.0. The third kappa shape index (κ3) is 11.7. The lowest BCUT2D eigenvalue weighted by atomic mass is 10.00. The molecule has 4 unspecified atom stereocenters. The molecule has 0 aliphatic rings. The molecule has 37 heavy (non-hydrogen) atoms. The molecule has 0 fully saturated rings. The summed E-state index contributed by atoms with van der Waals surface area (Å²) >= 11 is 0. The lowest BCUT2D eigenvalue weighted by molar-refractivity contribution is -0.143. The first-order valence-corrected chi connectivity index (χ1v) is 12.1. The molecule has 0 aliphatic heterocycles.